The third kappa shape index (κ3) is 18.4. The topological polar surface area (TPSA) is 161 Å². The molecule has 0 aliphatic heterocycles. The van der Waals surface area contributed by atoms with Crippen LogP contribution in [-0.4, -0.2) is 153 Å². The number of aliphatic hydroxyl groups is 2. The van der Waals surface area contributed by atoms with Gasteiger partial charge in [0.25, 0.3) is 0 Å². The van der Waals surface area contributed by atoms with Crippen LogP contribution in [0.1, 0.15) is 15.0 Å². The van der Waals surface area contributed by atoms with E-state index in [9.17, 15) is 29.7 Å². The van der Waals surface area contributed by atoms with Gasteiger partial charge in [0.1, 0.15) is 11.7 Å². The Balaban J connectivity index is -0.0000000128. The van der Waals surface area contributed by atoms with Gasteiger partial charge in [0.15, 0.2) is 0 Å². The Kier molecular flexibility index (Phi) is 54.9. The SMILES string of the molecule is O=C([O-])CC(O)(C(=O)[O-])C(O)C(=O)[O-].[Ca+2].[Ca+2].[Ca+2].[H-].[H-].[H-].[H-].[H-].[H-].[K+].[K+].[K+]. The largest absolute Gasteiger partial charge is 2.00 e. The fourth-order valence-electron chi connectivity index (χ4n) is 0.695. The van der Waals surface area contributed by atoms with Gasteiger partial charge in [-0.2, -0.15) is 0 Å². The summed E-state index contributed by atoms with van der Waals surface area (Å²) in [7, 11) is 0. The Morgan fingerprint density at radius 2 is 1.30 bits per heavy atom. The van der Waals surface area contributed by atoms with Crippen molar-refractivity contribution < 1.29 is 203 Å². The average Bonchev–Trinajstić information content (AvgIpc) is 2.00. The summed E-state index contributed by atoms with van der Waals surface area (Å²) in [5.41, 5.74) is -3.46. The van der Waals surface area contributed by atoms with Crippen molar-refractivity contribution in [1.29, 1.82) is 0 Å². The molecule has 0 aromatic carbocycles. The molecule has 0 aromatic rings. The van der Waals surface area contributed by atoms with E-state index in [4.69, 9.17) is 10.2 Å². The summed E-state index contributed by atoms with van der Waals surface area (Å²) in [6.07, 6.45) is -4.53. The number of aliphatic carboxylic acids is 3. The second-order valence-electron chi connectivity index (χ2n) is 2.48. The molecule has 0 bridgehead atoms. The van der Waals surface area contributed by atoms with E-state index in [1.54, 1.807) is 0 Å². The van der Waals surface area contributed by atoms with Gasteiger partial charge in [0.05, 0.1) is 11.9 Å². The van der Waals surface area contributed by atoms with Gasteiger partial charge in [-0.05, 0) is 0 Å². The third-order valence-corrected chi connectivity index (χ3v) is 1.44. The average molecular weight is 449 g/mol. The van der Waals surface area contributed by atoms with Crippen LogP contribution in [0.15, 0.2) is 0 Å². The minimum absolute atomic E-state index is 0. The van der Waals surface area contributed by atoms with Crippen LogP contribution in [0, 0.1) is 0 Å². The predicted molar refractivity (Wildman–Crippen MR) is 54.5 cm³/mol. The molecule has 0 spiro atoms. The number of aliphatic hydroxyl groups excluding tert-OH is 1. The molecule has 0 amide bonds. The summed E-state index contributed by atoms with van der Waals surface area (Å²) in [6.45, 7) is 0. The van der Waals surface area contributed by atoms with Crippen molar-refractivity contribution in [3.63, 3.8) is 0 Å². The molecular formula is C6H11Ca3K3O8. The van der Waals surface area contributed by atoms with Crippen molar-refractivity contribution >= 4 is 131 Å². The summed E-state index contributed by atoms with van der Waals surface area (Å²) in [4.78, 5) is 30.2. The zero-order chi connectivity index (χ0) is 11.5. The van der Waals surface area contributed by atoms with Crippen LogP contribution in [0.3, 0.4) is 0 Å². The van der Waals surface area contributed by atoms with Gasteiger partial charge in [-0.3, -0.25) is 0 Å². The third-order valence-electron chi connectivity index (χ3n) is 1.44. The first-order valence-corrected chi connectivity index (χ1v) is 3.24. The van der Waals surface area contributed by atoms with Crippen molar-refractivity contribution in [1.82, 2.24) is 0 Å². The van der Waals surface area contributed by atoms with E-state index in [1.165, 1.54) is 0 Å². The first kappa shape index (κ1) is 45.6. The Labute approximate surface area is 341 Å². The summed E-state index contributed by atoms with van der Waals surface area (Å²) in [5, 5.41) is 47.8. The molecule has 2 unspecified atom stereocenters. The minimum Gasteiger partial charge on any atom is -1.00 e. The van der Waals surface area contributed by atoms with Gasteiger partial charge in [0.2, 0.25) is 0 Å². The monoisotopic (exact) mass is 448 g/mol. The summed E-state index contributed by atoms with van der Waals surface area (Å²) in [5.74, 6) is -6.84. The zero-order valence-electron chi connectivity index (χ0n) is 17.7. The molecule has 0 saturated heterocycles. The van der Waals surface area contributed by atoms with Crippen LogP contribution in [-0.2, 0) is 14.4 Å². The first-order chi connectivity index (χ1) is 6.21. The number of carboxylic acids is 3. The van der Waals surface area contributed by atoms with E-state index in [-0.39, 0.29) is 276 Å². The summed E-state index contributed by atoms with van der Waals surface area (Å²) < 4.78 is 0. The molecule has 8 nitrogen and oxygen atoms in total. The van der Waals surface area contributed by atoms with Gasteiger partial charge in [-0.15, -0.1) is 0 Å². The molecule has 0 heterocycles. The molecule has 0 saturated carbocycles. The predicted octanol–water partition coefficient (Wildman–Crippen LogP) is -15.7. The summed E-state index contributed by atoms with van der Waals surface area (Å²) in [6, 6.07) is 0. The van der Waals surface area contributed by atoms with E-state index in [1.807, 2.05) is 0 Å². The number of hydrogen-bond acceptors (Lipinski definition) is 8. The van der Waals surface area contributed by atoms with Gasteiger partial charge in [0, 0.05) is 12.4 Å². The van der Waals surface area contributed by atoms with E-state index >= 15 is 0 Å². The van der Waals surface area contributed by atoms with Crippen molar-refractivity contribution in [2.45, 2.75) is 18.1 Å². The van der Waals surface area contributed by atoms with Gasteiger partial charge in [-0.1, -0.05) is 0 Å². The van der Waals surface area contributed by atoms with E-state index in [0.29, 0.717) is 0 Å². The zero-order valence-corrected chi connectivity index (χ0v) is 27.7. The molecule has 92 valence electrons. The quantitative estimate of drug-likeness (QED) is 0.392. The van der Waals surface area contributed by atoms with Crippen molar-refractivity contribution in [2.75, 3.05) is 0 Å². The second-order valence-corrected chi connectivity index (χ2v) is 2.48. The maximum atomic E-state index is 10.2. The van der Waals surface area contributed by atoms with Gasteiger partial charge < -0.3 is 48.5 Å². The molecule has 0 aliphatic rings. The molecule has 0 radical (unpaired) electrons. The Bertz CT molecular complexity index is 315. The van der Waals surface area contributed by atoms with Gasteiger partial charge >= 0.3 is 267 Å². The molecule has 0 aliphatic carbocycles. The van der Waals surface area contributed by atoms with Crippen LogP contribution in [0.2, 0.25) is 0 Å². The molecule has 20 heavy (non-hydrogen) atoms. The minimum atomic E-state index is -3.46. The van der Waals surface area contributed by atoms with Crippen LogP contribution in [0.25, 0.3) is 0 Å². The molecule has 14 heteroatoms. The van der Waals surface area contributed by atoms with Crippen LogP contribution in [0.4, 0.5) is 0 Å². The van der Waals surface area contributed by atoms with Crippen molar-refractivity contribution in [2.24, 2.45) is 0 Å². The smallest absolute Gasteiger partial charge is 1.00 e. The Hall–Kier alpha value is 7.02. The van der Waals surface area contributed by atoms with E-state index < -0.39 is 36.0 Å². The molecule has 0 rings (SSSR count). The first-order valence-electron chi connectivity index (χ1n) is 3.24. The number of carboxylic acid groups (broad SMARTS) is 3. The normalized spacial score (nSPS) is 11.7. The maximum absolute atomic E-state index is 10.2. The van der Waals surface area contributed by atoms with Crippen molar-refractivity contribution in [3.8, 4) is 0 Å². The Morgan fingerprint density at radius 1 is 1.00 bits per heavy atom. The number of carbonyl (C=O) groups excluding carboxylic acids is 3. The van der Waals surface area contributed by atoms with Crippen LogP contribution in [0.5, 0.6) is 0 Å². The fourth-order valence-corrected chi connectivity index (χ4v) is 0.695. The second kappa shape index (κ2) is 24.1. The van der Waals surface area contributed by atoms with Gasteiger partial charge in [-0.25, -0.2) is 0 Å². The van der Waals surface area contributed by atoms with Crippen molar-refractivity contribution in [3.05, 3.63) is 0 Å². The molecular weight excluding hydrogens is 438 g/mol. The molecule has 2 N–H and O–H groups in total. The number of carbonyl (C=O) groups is 3. The number of hydrogen-bond donors (Lipinski definition) is 2. The maximum Gasteiger partial charge on any atom is 2.00 e. The Morgan fingerprint density at radius 3 is 1.45 bits per heavy atom. The van der Waals surface area contributed by atoms with E-state index in [2.05, 4.69) is 0 Å². The molecule has 2 atom stereocenters. The standard InChI is InChI=1S/C6H8O8.3Ca.3K.6H/c7-2(8)1-6(14,5(12)13)3(9)4(10)11;;;;;;;;;;;;/h3,9,14H,1H2,(H,7,8)(H,10,11)(H,12,13);;;;;;;;;;;;/q;3*+2;3*+1;6*-1/p-3. The molecule has 0 fully saturated rings. The molecule has 0 aromatic heterocycles. The number of rotatable bonds is 5. The fraction of sp³-hybridized carbons (Fsp3) is 0.500. The van der Waals surface area contributed by atoms with E-state index in [0.717, 1.165) is 0 Å². The van der Waals surface area contributed by atoms with Crippen LogP contribution >= 0.6 is 0 Å². The van der Waals surface area contributed by atoms with Crippen LogP contribution < -0.4 is 169 Å². The summed E-state index contributed by atoms with van der Waals surface area (Å²) >= 11 is 0.